The Hall–Kier alpha value is -3.32. The molecule has 2 aromatic carbocycles. The van der Waals surface area contributed by atoms with E-state index in [1.165, 1.54) is 5.56 Å². The Morgan fingerprint density at radius 3 is 2.61 bits per heavy atom. The van der Waals surface area contributed by atoms with E-state index < -0.39 is 6.10 Å². The van der Waals surface area contributed by atoms with Crippen LogP contribution in [0.3, 0.4) is 0 Å². The molecule has 160 valence electrons. The number of nitrogens with one attached hydrogen (secondary N) is 2. The van der Waals surface area contributed by atoms with Gasteiger partial charge in [-0.2, -0.15) is 0 Å². The van der Waals surface area contributed by atoms with E-state index in [1.807, 2.05) is 77.9 Å². The lowest BCUT2D eigenvalue weighted by Crippen LogP contribution is -2.50. The van der Waals surface area contributed by atoms with Gasteiger partial charge in [-0.1, -0.05) is 48.0 Å². The largest absolute Gasteiger partial charge is 0.477 e. The van der Waals surface area contributed by atoms with Crippen molar-refractivity contribution in [3.05, 3.63) is 82.0 Å². The standard InChI is InChI=1S/C24H25N3O3S/c1-16-9-11-17(12-10-16)23(21-8-5-13-31-21)26-22(28)15-27-14-20(24(29)25-2)30-19-7-4-3-6-18(19)27/h3-13,20,23H,14-15H2,1-2H3,(H,25,29)(H,26,28). The van der Waals surface area contributed by atoms with Crippen LogP contribution in [0.25, 0.3) is 0 Å². The molecule has 4 rings (SSSR count). The van der Waals surface area contributed by atoms with Gasteiger partial charge in [0, 0.05) is 11.9 Å². The molecule has 6 nitrogen and oxygen atoms in total. The fraction of sp³-hybridized carbons (Fsp3) is 0.250. The SMILES string of the molecule is CNC(=O)C1CN(CC(=O)NC(c2ccc(C)cc2)c2cccs2)c2ccccc2O1. The highest BCUT2D eigenvalue weighted by molar-refractivity contribution is 7.10. The Morgan fingerprint density at radius 2 is 1.90 bits per heavy atom. The van der Waals surface area contributed by atoms with Crippen LogP contribution in [0.15, 0.2) is 66.0 Å². The summed E-state index contributed by atoms with van der Waals surface area (Å²) in [4.78, 5) is 28.3. The average molecular weight is 436 g/mol. The summed E-state index contributed by atoms with van der Waals surface area (Å²) in [7, 11) is 1.58. The molecule has 0 spiro atoms. The molecule has 7 heteroatoms. The summed E-state index contributed by atoms with van der Waals surface area (Å²) < 4.78 is 5.83. The fourth-order valence-electron chi connectivity index (χ4n) is 3.67. The third-order valence-electron chi connectivity index (χ3n) is 5.28. The second-order valence-corrected chi connectivity index (χ2v) is 8.47. The molecule has 2 amide bonds. The van der Waals surface area contributed by atoms with Crippen LogP contribution in [-0.4, -0.2) is 38.1 Å². The van der Waals surface area contributed by atoms with E-state index in [0.717, 1.165) is 16.1 Å². The molecule has 0 saturated heterocycles. The van der Waals surface area contributed by atoms with Crippen molar-refractivity contribution in [3.8, 4) is 5.75 Å². The maximum atomic E-state index is 13.1. The number of para-hydroxylation sites is 2. The van der Waals surface area contributed by atoms with Crippen LogP contribution in [0.4, 0.5) is 5.69 Å². The monoisotopic (exact) mass is 435 g/mol. The minimum absolute atomic E-state index is 0.119. The van der Waals surface area contributed by atoms with Gasteiger partial charge >= 0.3 is 0 Å². The summed E-state index contributed by atoms with van der Waals surface area (Å²) in [6.45, 7) is 2.47. The molecule has 2 heterocycles. The maximum Gasteiger partial charge on any atom is 0.262 e. The van der Waals surface area contributed by atoms with E-state index >= 15 is 0 Å². The van der Waals surface area contributed by atoms with Crippen LogP contribution >= 0.6 is 11.3 Å². The number of fused-ring (bicyclic) bond motifs is 1. The van der Waals surface area contributed by atoms with Gasteiger partial charge in [-0.25, -0.2) is 0 Å². The highest BCUT2D eigenvalue weighted by Crippen LogP contribution is 2.33. The Kier molecular flexibility index (Phi) is 6.23. The summed E-state index contributed by atoms with van der Waals surface area (Å²) in [5.41, 5.74) is 3.01. The van der Waals surface area contributed by atoms with Crippen molar-refractivity contribution in [1.29, 1.82) is 0 Å². The van der Waals surface area contributed by atoms with Crippen molar-refractivity contribution >= 4 is 28.8 Å². The van der Waals surface area contributed by atoms with Crippen LogP contribution in [0.2, 0.25) is 0 Å². The maximum absolute atomic E-state index is 13.1. The second-order valence-electron chi connectivity index (χ2n) is 7.50. The first-order chi connectivity index (χ1) is 15.0. The molecule has 0 saturated carbocycles. The number of aryl methyl sites for hydroxylation is 1. The number of amides is 2. The number of anilines is 1. The summed E-state index contributed by atoms with van der Waals surface area (Å²) in [5.74, 6) is 0.269. The third-order valence-corrected chi connectivity index (χ3v) is 6.22. The van der Waals surface area contributed by atoms with Gasteiger partial charge in [0.15, 0.2) is 6.10 Å². The molecular formula is C24H25N3O3S. The Bertz CT molecular complexity index is 1050. The number of benzene rings is 2. The summed E-state index contributed by atoms with van der Waals surface area (Å²) in [6.07, 6.45) is -0.669. The van der Waals surface area contributed by atoms with Crippen molar-refractivity contribution in [2.75, 3.05) is 25.0 Å². The van der Waals surface area contributed by atoms with E-state index in [4.69, 9.17) is 4.74 Å². The Morgan fingerprint density at radius 1 is 1.13 bits per heavy atom. The first-order valence-electron chi connectivity index (χ1n) is 10.2. The quantitative estimate of drug-likeness (QED) is 0.624. The van der Waals surface area contributed by atoms with Gasteiger partial charge < -0.3 is 20.3 Å². The summed E-state index contributed by atoms with van der Waals surface area (Å²) >= 11 is 1.61. The zero-order valence-electron chi connectivity index (χ0n) is 17.5. The van der Waals surface area contributed by atoms with Crippen LogP contribution in [-0.2, 0) is 9.59 Å². The molecule has 1 aliphatic heterocycles. The number of ether oxygens (including phenoxy) is 1. The zero-order chi connectivity index (χ0) is 21.8. The van der Waals surface area contributed by atoms with Gasteiger partial charge in [0.2, 0.25) is 5.91 Å². The first-order valence-corrected chi connectivity index (χ1v) is 11.0. The molecule has 0 aliphatic carbocycles. The van der Waals surface area contributed by atoms with Gasteiger partial charge in [-0.3, -0.25) is 9.59 Å². The van der Waals surface area contributed by atoms with E-state index in [9.17, 15) is 9.59 Å². The number of carbonyl (C=O) groups excluding carboxylic acids is 2. The number of nitrogens with zero attached hydrogens (tertiary/aromatic N) is 1. The number of hydrogen-bond donors (Lipinski definition) is 2. The third kappa shape index (κ3) is 4.72. The van der Waals surface area contributed by atoms with Gasteiger partial charge in [-0.05, 0) is 36.1 Å². The lowest BCUT2D eigenvalue weighted by Gasteiger charge is -2.35. The molecule has 0 bridgehead atoms. The lowest BCUT2D eigenvalue weighted by molar-refractivity contribution is -0.127. The van der Waals surface area contributed by atoms with Crippen LogP contribution in [0.1, 0.15) is 22.0 Å². The average Bonchev–Trinajstić information content (AvgIpc) is 3.32. The van der Waals surface area contributed by atoms with Crippen molar-refractivity contribution in [2.45, 2.75) is 19.1 Å². The van der Waals surface area contributed by atoms with Gasteiger partial charge in [0.25, 0.3) is 5.91 Å². The van der Waals surface area contributed by atoms with E-state index in [0.29, 0.717) is 12.3 Å². The normalized spacial score (nSPS) is 16.1. The minimum atomic E-state index is -0.669. The van der Waals surface area contributed by atoms with Crippen molar-refractivity contribution < 1.29 is 14.3 Å². The number of carbonyl (C=O) groups is 2. The van der Waals surface area contributed by atoms with Gasteiger partial charge in [0.1, 0.15) is 5.75 Å². The molecule has 1 aromatic heterocycles. The molecule has 0 radical (unpaired) electrons. The molecule has 0 fully saturated rings. The predicted molar refractivity (Wildman–Crippen MR) is 123 cm³/mol. The molecular weight excluding hydrogens is 410 g/mol. The Balaban J connectivity index is 1.54. The zero-order valence-corrected chi connectivity index (χ0v) is 18.3. The fourth-order valence-corrected chi connectivity index (χ4v) is 4.47. The molecule has 3 aromatic rings. The van der Waals surface area contributed by atoms with Crippen molar-refractivity contribution in [1.82, 2.24) is 10.6 Å². The topological polar surface area (TPSA) is 70.7 Å². The van der Waals surface area contributed by atoms with Gasteiger partial charge in [-0.15, -0.1) is 11.3 Å². The van der Waals surface area contributed by atoms with Crippen molar-refractivity contribution in [2.24, 2.45) is 0 Å². The van der Waals surface area contributed by atoms with Crippen molar-refractivity contribution in [3.63, 3.8) is 0 Å². The highest BCUT2D eigenvalue weighted by atomic mass is 32.1. The highest BCUT2D eigenvalue weighted by Gasteiger charge is 2.31. The molecule has 1 aliphatic rings. The second kappa shape index (κ2) is 9.22. The smallest absolute Gasteiger partial charge is 0.262 e. The number of likely N-dealkylation sites (N-methyl/N-ethyl adjacent to an activating group) is 1. The summed E-state index contributed by atoms with van der Waals surface area (Å²) in [5, 5.41) is 7.81. The molecule has 2 N–H and O–H groups in total. The Labute approximate surface area is 185 Å². The summed E-state index contributed by atoms with van der Waals surface area (Å²) in [6, 6.07) is 19.5. The van der Waals surface area contributed by atoms with E-state index in [-0.39, 0.29) is 24.4 Å². The minimum Gasteiger partial charge on any atom is -0.477 e. The van der Waals surface area contributed by atoms with E-state index in [1.54, 1.807) is 18.4 Å². The van der Waals surface area contributed by atoms with E-state index in [2.05, 4.69) is 10.6 Å². The number of thiophene rings is 1. The lowest BCUT2D eigenvalue weighted by atomic mass is 10.0. The number of rotatable bonds is 6. The van der Waals surface area contributed by atoms with Crippen LogP contribution in [0, 0.1) is 6.92 Å². The molecule has 31 heavy (non-hydrogen) atoms. The predicted octanol–water partition coefficient (Wildman–Crippen LogP) is 3.28. The van der Waals surface area contributed by atoms with Crippen LogP contribution in [0.5, 0.6) is 5.75 Å². The van der Waals surface area contributed by atoms with Crippen LogP contribution < -0.4 is 20.3 Å². The van der Waals surface area contributed by atoms with Gasteiger partial charge in [0.05, 0.1) is 24.8 Å². The first kappa shape index (κ1) is 20.9. The molecule has 2 unspecified atom stereocenters. The number of hydrogen-bond acceptors (Lipinski definition) is 5. The molecule has 2 atom stereocenters.